The highest BCUT2D eigenvalue weighted by molar-refractivity contribution is 6.34. The first kappa shape index (κ1) is 16.7. The topological polar surface area (TPSA) is 53.7 Å². The van der Waals surface area contributed by atoms with Gasteiger partial charge in [0.25, 0.3) is 0 Å². The van der Waals surface area contributed by atoms with Gasteiger partial charge in [-0.3, -0.25) is 0 Å². The predicted molar refractivity (Wildman–Crippen MR) is 88.3 cm³/mol. The van der Waals surface area contributed by atoms with Gasteiger partial charge in [-0.2, -0.15) is 0 Å². The summed E-state index contributed by atoms with van der Waals surface area (Å²) >= 11 is 11.9. The molecule has 0 aliphatic rings. The molecule has 4 nitrogen and oxygen atoms in total. The van der Waals surface area contributed by atoms with Gasteiger partial charge in [0, 0.05) is 29.3 Å². The fraction of sp³-hybridized carbons (Fsp3) is 0.250. The van der Waals surface area contributed by atoms with Crippen molar-refractivity contribution >= 4 is 23.2 Å². The lowest BCUT2D eigenvalue weighted by Crippen LogP contribution is -2.11. The smallest absolute Gasteiger partial charge is 0.139 e. The van der Waals surface area contributed by atoms with Crippen molar-refractivity contribution in [3.63, 3.8) is 0 Å². The lowest BCUT2D eigenvalue weighted by atomic mass is 10.2. The lowest BCUT2D eigenvalue weighted by molar-refractivity contribution is 0.215. The first-order chi connectivity index (χ1) is 10.6. The van der Waals surface area contributed by atoms with E-state index >= 15 is 0 Å². The summed E-state index contributed by atoms with van der Waals surface area (Å²) in [6, 6.07) is 10.6. The quantitative estimate of drug-likeness (QED) is 0.775. The van der Waals surface area contributed by atoms with Gasteiger partial charge >= 0.3 is 0 Å². The molecule has 0 aliphatic heterocycles. The van der Waals surface area contributed by atoms with Gasteiger partial charge in [-0.05, 0) is 18.2 Å². The number of hydrogen-bond donors (Lipinski definition) is 1. The molecule has 2 aromatic rings. The highest BCUT2D eigenvalue weighted by Gasteiger charge is 2.06. The van der Waals surface area contributed by atoms with Crippen molar-refractivity contribution < 1.29 is 14.2 Å². The van der Waals surface area contributed by atoms with Crippen molar-refractivity contribution in [3.05, 3.63) is 52.0 Å². The van der Waals surface area contributed by atoms with Crippen LogP contribution < -0.4 is 19.9 Å². The summed E-state index contributed by atoms with van der Waals surface area (Å²) < 4.78 is 16.4. The van der Waals surface area contributed by atoms with Crippen LogP contribution in [0.2, 0.25) is 10.0 Å². The molecule has 0 saturated carbocycles. The van der Waals surface area contributed by atoms with E-state index in [0.717, 1.165) is 5.56 Å². The summed E-state index contributed by atoms with van der Waals surface area (Å²) in [4.78, 5) is 0. The zero-order chi connectivity index (χ0) is 15.9. The molecule has 2 rings (SSSR count). The maximum absolute atomic E-state index is 6.02. The van der Waals surface area contributed by atoms with Gasteiger partial charge in [0.2, 0.25) is 0 Å². The Morgan fingerprint density at radius 1 is 0.955 bits per heavy atom. The Bertz CT molecular complexity index is 635. The van der Waals surface area contributed by atoms with Crippen LogP contribution in [0.1, 0.15) is 5.56 Å². The second-order valence-corrected chi connectivity index (χ2v) is 5.29. The van der Waals surface area contributed by atoms with E-state index in [4.69, 9.17) is 43.1 Å². The number of halogens is 2. The second-order valence-electron chi connectivity index (χ2n) is 4.45. The minimum atomic E-state index is 0.335. The molecular weight excluding hydrogens is 325 g/mol. The summed E-state index contributed by atoms with van der Waals surface area (Å²) in [7, 11) is 1.60. The third kappa shape index (κ3) is 4.44. The van der Waals surface area contributed by atoms with Crippen LogP contribution >= 0.6 is 23.2 Å². The van der Waals surface area contributed by atoms with Crippen molar-refractivity contribution in [2.75, 3.05) is 20.3 Å². The molecule has 0 fully saturated rings. The summed E-state index contributed by atoms with van der Waals surface area (Å²) in [5.74, 6) is 1.93. The van der Waals surface area contributed by atoms with Crippen LogP contribution in [0.15, 0.2) is 36.4 Å². The van der Waals surface area contributed by atoms with Crippen LogP contribution in [0.4, 0.5) is 0 Å². The van der Waals surface area contributed by atoms with Crippen LogP contribution in [-0.2, 0) is 6.54 Å². The Balaban J connectivity index is 1.92. The Morgan fingerprint density at radius 2 is 1.68 bits per heavy atom. The SMILES string of the molecule is COc1ccc(CN)c(OCCOc2cc(Cl)ccc2Cl)c1. The number of nitrogens with two attached hydrogens (primary N) is 1. The highest BCUT2D eigenvalue weighted by atomic mass is 35.5. The Morgan fingerprint density at radius 3 is 2.36 bits per heavy atom. The number of methoxy groups -OCH3 is 1. The van der Waals surface area contributed by atoms with Gasteiger partial charge in [0.05, 0.1) is 12.1 Å². The average molecular weight is 342 g/mol. The van der Waals surface area contributed by atoms with Gasteiger partial charge in [0.15, 0.2) is 0 Å². The van der Waals surface area contributed by atoms with Gasteiger partial charge in [-0.1, -0.05) is 29.3 Å². The second kappa shape index (κ2) is 8.13. The predicted octanol–water partition coefficient (Wildman–Crippen LogP) is 3.92. The molecule has 0 radical (unpaired) electrons. The van der Waals surface area contributed by atoms with E-state index in [1.807, 2.05) is 12.1 Å². The van der Waals surface area contributed by atoms with Crippen LogP contribution in [0.5, 0.6) is 17.2 Å². The van der Waals surface area contributed by atoms with Crippen molar-refractivity contribution in [1.29, 1.82) is 0 Å². The number of benzene rings is 2. The standard InChI is InChI=1S/C16H17Cl2NO3/c1-20-13-4-2-11(10-19)15(9-13)21-6-7-22-16-8-12(17)3-5-14(16)18/h2-5,8-9H,6-7,10,19H2,1H3. The van der Waals surface area contributed by atoms with E-state index in [2.05, 4.69) is 0 Å². The van der Waals surface area contributed by atoms with Crippen molar-refractivity contribution in [2.24, 2.45) is 5.73 Å². The summed E-state index contributed by atoms with van der Waals surface area (Å²) in [5, 5.41) is 1.08. The molecule has 0 unspecified atom stereocenters. The summed E-state index contributed by atoms with van der Waals surface area (Å²) in [6.07, 6.45) is 0. The van der Waals surface area contributed by atoms with Crippen LogP contribution in [-0.4, -0.2) is 20.3 Å². The third-order valence-electron chi connectivity index (χ3n) is 2.99. The fourth-order valence-electron chi connectivity index (χ4n) is 1.86. The lowest BCUT2D eigenvalue weighted by Gasteiger charge is -2.13. The molecule has 6 heteroatoms. The first-order valence-electron chi connectivity index (χ1n) is 6.71. The van der Waals surface area contributed by atoms with Crippen LogP contribution in [0.25, 0.3) is 0 Å². The Kier molecular flexibility index (Phi) is 6.19. The van der Waals surface area contributed by atoms with E-state index < -0.39 is 0 Å². The molecule has 0 atom stereocenters. The van der Waals surface area contributed by atoms with E-state index in [1.165, 1.54) is 0 Å². The molecule has 2 N–H and O–H groups in total. The Labute approximate surface area is 139 Å². The molecular formula is C16H17Cl2NO3. The van der Waals surface area contributed by atoms with Gasteiger partial charge in [0.1, 0.15) is 30.5 Å². The summed E-state index contributed by atoms with van der Waals surface area (Å²) in [6.45, 7) is 1.07. The average Bonchev–Trinajstić information content (AvgIpc) is 2.54. The van der Waals surface area contributed by atoms with Crippen molar-refractivity contribution in [3.8, 4) is 17.2 Å². The van der Waals surface area contributed by atoms with Crippen molar-refractivity contribution in [2.45, 2.75) is 6.54 Å². The molecule has 0 heterocycles. The monoisotopic (exact) mass is 341 g/mol. The maximum atomic E-state index is 6.02. The van der Waals surface area contributed by atoms with Crippen LogP contribution in [0.3, 0.4) is 0 Å². The maximum Gasteiger partial charge on any atom is 0.139 e. The van der Waals surface area contributed by atoms with Crippen molar-refractivity contribution in [1.82, 2.24) is 0 Å². The molecule has 0 amide bonds. The number of rotatable bonds is 7. The molecule has 2 aromatic carbocycles. The molecule has 22 heavy (non-hydrogen) atoms. The van der Waals surface area contributed by atoms with Gasteiger partial charge < -0.3 is 19.9 Å². The van der Waals surface area contributed by atoms with E-state index in [-0.39, 0.29) is 0 Å². The normalized spacial score (nSPS) is 10.4. The fourth-order valence-corrected chi connectivity index (χ4v) is 2.19. The van der Waals surface area contributed by atoms with E-state index in [0.29, 0.717) is 47.1 Å². The molecule has 0 aliphatic carbocycles. The van der Waals surface area contributed by atoms with E-state index in [9.17, 15) is 0 Å². The van der Waals surface area contributed by atoms with E-state index in [1.54, 1.807) is 31.4 Å². The minimum absolute atomic E-state index is 0.335. The molecule has 0 aromatic heterocycles. The Hall–Kier alpha value is -1.62. The van der Waals surface area contributed by atoms with Crippen LogP contribution in [0, 0.1) is 0 Å². The molecule has 0 bridgehead atoms. The summed E-state index contributed by atoms with van der Waals surface area (Å²) in [5.41, 5.74) is 6.59. The molecule has 118 valence electrons. The highest BCUT2D eigenvalue weighted by Crippen LogP contribution is 2.28. The molecule has 0 spiro atoms. The largest absolute Gasteiger partial charge is 0.497 e. The minimum Gasteiger partial charge on any atom is -0.497 e. The zero-order valence-electron chi connectivity index (χ0n) is 12.1. The third-order valence-corrected chi connectivity index (χ3v) is 3.53. The van der Waals surface area contributed by atoms with Gasteiger partial charge in [-0.25, -0.2) is 0 Å². The van der Waals surface area contributed by atoms with Gasteiger partial charge in [-0.15, -0.1) is 0 Å². The molecule has 0 saturated heterocycles. The zero-order valence-corrected chi connectivity index (χ0v) is 13.7. The first-order valence-corrected chi connectivity index (χ1v) is 7.47. The number of hydrogen-bond acceptors (Lipinski definition) is 4. The number of ether oxygens (including phenoxy) is 3.